The summed E-state index contributed by atoms with van der Waals surface area (Å²) in [6.07, 6.45) is 0. The maximum Gasteiger partial charge on any atom is -0.0143 e. The summed E-state index contributed by atoms with van der Waals surface area (Å²) in [5.41, 5.74) is 5.51. The van der Waals surface area contributed by atoms with Crippen molar-refractivity contribution in [1.29, 1.82) is 0 Å². The number of hydrogen-bond donors (Lipinski definition) is 0. The fourth-order valence-corrected chi connectivity index (χ4v) is 2.84. The second kappa shape index (κ2) is 3.84. The van der Waals surface area contributed by atoms with Gasteiger partial charge in [-0.1, -0.05) is 24.3 Å². The molecular weight excluding hydrogens is 216 g/mol. The van der Waals surface area contributed by atoms with Gasteiger partial charge in [-0.25, -0.2) is 0 Å². The van der Waals surface area contributed by atoms with E-state index in [-0.39, 0.29) is 0 Å². The molecule has 0 nitrogen and oxygen atoms in total. The molecule has 0 N–H and O–H groups in total. The zero-order valence-corrected chi connectivity index (χ0v) is 11.5. The van der Waals surface area contributed by atoms with Crippen LogP contribution in [0.1, 0.15) is 22.3 Å². The van der Waals surface area contributed by atoms with Crippen LogP contribution >= 0.6 is 0 Å². The molecule has 0 unspecified atom stereocenters. The van der Waals surface area contributed by atoms with Crippen LogP contribution in [0, 0.1) is 27.7 Å². The third-order valence-electron chi connectivity index (χ3n) is 4.09. The molecule has 3 rings (SSSR count). The van der Waals surface area contributed by atoms with Crippen LogP contribution in [-0.4, -0.2) is 0 Å². The van der Waals surface area contributed by atoms with E-state index >= 15 is 0 Å². The van der Waals surface area contributed by atoms with Crippen molar-refractivity contribution in [1.82, 2.24) is 0 Å². The normalized spacial score (nSPS) is 11.3. The van der Waals surface area contributed by atoms with Crippen LogP contribution in [0.2, 0.25) is 0 Å². The number of benzene rings is 3. The van der Waals surface area contributed by atoms with Crippen molar-refractivity contribution < 1.29 is 0 Å². The molecule has 0 amide bonds. The second-order valence-electron chi connectivity index (χ2n) is 5.33. The standard InChI is InChI=1S/C18H18/c1-11-6-5-7-15-9-17-13(3)8-12(2)14(4)18(17)10-16(11)15/h5-10H,1-4H3. The molecule has 0 aliphatic carbocycles. The van der Waals surface area contributed by atoms with E-state index in [1.165, 1.54) is 43.8 Å². The summed E-state index contributed by atoms with van der Waals surface area (Å²) >= 11 is 0. The smallest absolute Gasteiger partial charge is 0.0143 e. The number of rotatable bonds is 0. The third-order valence-corrected chi connectivity index (χ3v) is 4.09. The van der Waals surface area contributed by atoms with Crippen LogP contribution < -0.4 is 0 Å². The Hall–Kier alpha value is -1.82. The van der Waals surface area contributed by atoms with Crippen molar-refractivity contribution in [2.75, 3.05) is 0 Å². The van der Waals surface area contributed by atoms with Gasteiger partial charge in [-0.15, -0.1) is 0 Å². The van der Waals surface area contributed by atoms with Crippen LogP contribution in [-0.2, 0) is 0 Å². The van der Waals surface area contributed by atoms with E-state index in [1.54, 1.807) is 0 Å². The van der Waals surface area contributed by atoms with Gasteiger partial charge in [-0.05, 0) is 83.6 Å². The molecule has 0 fully saturated rings. The highest BCUT2D eigenvalue weighted by atomic mass is 14.1. The van der Waals surface area contributed by atoms with Crippen LogP contribution in [0.3, 0.4) is 0 Å². The van der Waals surface area contributed by atoms with Crippen LogP contribution in [0.4, 0.5) is 0 Å². The summed E-state index contributed by atoms with van der Waals surface area (Å²) in [7, 11) is 0. The highest BCUT2D eigenvalue weighted by Gasteiger charge is 2.06. The highest BCUT2D eigenvalue weighted by Crippen LogP contribution is 2.30. The first-order valence-electron chi connectivity index (χ1n) is 6.48. The molecule has 3 aromatic rings. The Kier molecular flexibility index (Phi) is 2.41. The van der Waals surface area contributed by atoms with E-state index in [4.69, 9.17) is 0 Å². The molecule has 0 spiro atoms. The Morgan fingerprint density at radius 1 is 0.611 bits per heavy atom. The fourth-order valence-electron chi connectivity index (χ4n) is 2.84. The number of aryl methyl sites for hydroxylation is 4. The van der Waals surface area contributed by atoms with Gasteiger partial charge >= 0.3 is 0 Å². The van der Waals surface area contributed by atoms with E-state index < -0.39 is 0 Å². The molecule has 0 heterocycles. The van der Waals surface area contributed by atoms with Crippen LogP contribution in [0.15, 0.2) is 36.4 Å². The lowest BCUT2D eigenvalue weighted by Gasteiger charge is -2.12. The highest BCUT2D eigenvalue weighted by molar-refractivity contribution is 6.02. The molecule has 0 aliphatic rings. The van der Waals surface area contributed by atoms with Gasteiger partial charge < -0.3 is 0 Å². The van der Waals surface area contributed by atoms with Crippen molar-refractivity contribution >= 4 is 21.5 Å². The van der Waals surface area contributed by atoms with Gasteiger partial charge in [0.25, 0.3) is 0 Å². The van der Waals surface area contributed by atoms with Crippen molar-refractivity contribution in [2.45, 2.75) is 27.7 Å². The molecule has 0 saturated carbocycles. The molecule has 0 heteroatoms. The zero-order chi connectivity index (χ0) is 12.9. The first-order valence-corrected chi connectivity index (χ1v) is 6.48. The predicted molar refractivity (Wildman–Crippen MR) is 80.4 cm³/mol. The van der Waals surface area contributed by atoms with Gasteiger partial charge in [-0.2, -0.15) is 0 Å². The molecular formula is C18H18. The minimum atomic E-state index is 1.34. The molecule has 0 bridgehead atoms. The quantitative estimate of drug-likeness (QED) is 0.467. The molecule has 0 aliphatic heterocycles. The first-order chi connectivity index (χ1) is 8.58. The van der Waals surface area contributed by atoms with Crippen LogP contribution in [0.5, 0.6) is 0 Å². The predicted octanol–water partition coefficient (Wildman–Crippen LogP) is 5.23. The van der Waals surface area contributed by atoms with Crippen molar-refractivity contribution in [2.24, 2.45) is 0 Å². The van der Waals surface area contributed by atoms with Crippen molar-refractivity contribution in [3.8, 4) is 0 Å². The fraction of sp³-hybridized carbons (Fsp3) is 0.222. The lowest BCUT2D eigenvalue weighted by Crippen LogP contribution is -1.89. The van der Waals surface area contributed by atoms with Crippen molar-refractivity contribution in [3.05, 3.63) is 58.7 Å². The Balaban J connectivity index is 2.57. The maximum atomic E-state index is 2.36. The summed E-state index contributed by atoms with van der Waals surface area (Å²) in [5, 5.41) is 5.50. The SMILES string of the molecule is Cc1cc(C)c2cc3cccc(C)c3cc2c1C. The van der Waals surface area contributed by atoms with E-state index in [0.717, 1.165) is 0 Å². The third kappa shape index (κ3) is 1.53. The first kappa shape index (κ1) is 11.3. The Morgan fingerprint density at radius 2 is 1.39 bits per heavy atom. The largest absolute Gasteiger partial charge is 0.0614 e. The van der Waals surface area contributed by atoms with E-state index in [0.29, 0.717) is 0 Å². The minimum absolute atomic E-state index is 1.34. The van der Waals surface area contributed by atoms with Gasteiger partial charge in [-0.3, -0.25) is 0 Å². The molecule has 18 heavy (non-hydrogen) atoms. The van der Waals surface area contributed by atoms with Gasteiger partial charge in [0.15, 0.2) is 0 Å². The molecule has 0 radical (unpaired) electrons. The Morgan fingerprint density at radius 3 is 2.17 bits per heavy atom. The summed E-state index contributed by atoms with van der Waals surface area (Å²) in [6.45, 7) is 8.81. The summed E-state index contributed by atoms with van der Waals surface area (Å²) < 4.78 is 0. The monoisotopic (exact) mass is 234 g/mol. The van der Waals surface area contributed by atoms with E-state index in [1.807, 2.05) is 0 Å². The molecule has 3 aromatic carbocycles. The minimum Gasteiger partial charge on any atom is -0.0614 e. The Bertz CT molecular complexity index is 764. The van der Waals surface area contributed by atoms with Crippen LogP contribution in [0.25, 0.3) is 21.5 Å². The topological polar surface area (TPSA) is 0 Å². The van der Waals surface area contributed by atoms with Crippen molar-refractivity contribution in [3.63, 3.8) is 0 Å². The lowest BCUT2D eigenvalue weighted by atomic mass is 9.93. The maximum absolute atomic E-state index is 2.36. The van der Waals surface area contributed by atoms with Gasteiger partial charge in [0, 0.05) is 0 Å². The summed E-state index contributed by atoms with van der Waals surface area (Å²) in [4.78, 5) is 0. The zero-order valence-electron chi connectivity index (χ0n) is 11.5. The van der Waals surface area contributed by atoms with E-state index in [9.17, 15) is 0 Å². The lowest BCUT2D eigenvalue weighted by molar-refractivity contribution is 1.35. The Labute approximate surface area is 108 Å². The summed E-state index contributed by atoms with van der Waals surface area (Å²) in [5.74, 6) is 0. The molecule has 90 valence electrons. The van der Waals surface area contributed by atoms with E-state index in [2.05, 4.69) is 64.1 Å². The van der Waals surface area contributed by atoms with Gasteiger partial charge in [0.05, 0.1) is 0 Å². The second-order valence-corrected chi connectivity index (χ2v) is 5.33. The van der Waals surface area contributed by atoms with Gasteiger partial charge in [0.1, 0.15) is 0 Å². The number of fused-ring (bicyclic) bond motifs is 2. The summed E-state index contributed by atoms with van der Waals surface area (Å²) in [6, 6.07) is 13.5. The number of hydrogen-bond acceptors (Lipinski definition) is 0. The average molecular weight is 234 g/mol. The molecule has 0 aromatic heterocycles. The average Bonchev–Trinajstić information content (AvgIpc) is 2.35. The molecule has 0 saturated heterocycles. The molecule has 0 atom stereocenters. The van der Waals surface area contributed by atoms with Gasteiger partial charge in [0.2, 0.25) is 0 Å².